The van der Waals surface area contributed by atoms with E-state index in [1.165, 1.54) is 0 Å². The molecule has 0 N–H and O–H groups in total. The largest absolute Gasteiger partial charge is 0.0776 e. The van der Waals surface area contributed by atoms with E-state index in [0.717, 1.165) is 0 Å². The van der Waals surface area contributed by atoms with Gasteiger partial charge in [-0.25, -0.2) is 0 Å². The average molecular weight is 138 g/mol. The summed E-state index contributed by atoms with van der Waals surface area (Å²) in [6, 6.07) is 0. The van der Waals surface area contributed by atoms with Gasteiger partial charge in [-0.2, -0.15) is 0 Å². The van der Waals surface area contributed by atoms with Gasteiger partial charge in [0.15, 0.2) is 0 Å². The standard InChI is InChI=1S/C6H7.Co/c1-6-4-2-3-5-6;/h2-6H,1H2;. The third-order valence-corrected chi connectivity index (χ3v) is 0.828. The maximum absolute atomic E-state index is 3.76. The summed E-state index contributed by atoms with van der Waals surface area (Å²) in [5.41, 5.74) is 0. The van der Waals surface area contributed by atoms with E-state index in [9.17, 15) is 0 Å². The molecule has 0 fully saturated rings. The number of allylic oxidation sites excluding steroid dienone is 4. The van der Waals surface area contributed by atoms with E-state index in [4.69, 9.17) is 0 Å². The maximum Gasteiger partial charge on any atom is 0 e. The summed E-state index contributed by atoms with van der Waals surface area (Å²) in [5.74, 6) is 0.435. The Morgan fingerprint density at radius 2 is 1.57 bits per heavy atom. The Hall–Kier alpha value is -0.0135. The van der Waals surface area contributed by atoms with Crippen molar-refractivity contribution in [3.05, 3.63) is 31.2 Å². The van der Waals surface area contributed by atoms with Crippen LogP contribution in [-0.2, 0) is 16.8 Å². The number of hydrogen-bond donors (Lipinski definition) is 0. The number of rotatable bonds is 0. The molecule has 0 spiro atoms. The summed E-state index contributed by atoms with van der Waals surface area (Å²) < 4.78 is 0. The third kappa shape index (κ3) is 1.95. The molecule has 1 heteroatoms. The van der Waals surface area contributed by atoms with E-state index in [1.54, 1.807) is 0 Å². The third-order valence-electron chi connectivity index (χ3n) is 0.828. The van der Waals surface area contributed by atoms with Gasteiger partial charge in [-0.15, -0.1) is 0 Å². The average Bonchev–Trinajstić information content (AvgIpc) is 1.86. The molecule has 1 aliphatic rings. The summed E-state index contributed by atoms with van der Waals surface area (Å²) in [6.45, 7) is 3.76. The molecule has 0 nitrogen and oxygen atoms in total. The van der Waals surface area contributed by atoms with E-state index in [-0.39, 0.29) is 16.8 Å². The normalized spacial score (nSPS) is 17.3. The molecular formula is C6H7Co. The molecule has 0 unspecified atom stereocenters. The van der Waals surface area contributed by atoms with Crippen molar-refractivity contribution in [3.63, 3.8) is 0 Å². The Balaban J connectivity index is 0.000000360. The van der Waals surface area contributed by atoms with Crippen molar-refractivity contribution in [2.45, 2.75) is 0 Å². The van der Waals surface area contributed by atoms with Crippen LogP contribution in [0.4, 0.5) is 0 Å². The smallest absolute Gasteiger partial charge is 0 e. The second-order valence-electron chi connectivity index (χ2n) is 1.43. The van der Waals surface area contributed by atoms with Crippen molar-refractivity contribution in [1.29, 1.82) is 0 Å². The predicted octanol–water partition coefficient (Wildman–Crippen LogP) is 1.56. The summed E-state index contributed by atoms with van der Waals surface area (Å²) in [7, 11) is 0. The Bertz CT molecular complexity index is 80.4. The van der Waals surface area contributed by atoms with Gasteiger partial charge in [0.25, 0.3) is 0 Å². The van der Waals surface area contributed by atoms with Crippen LogP contribution in [0.3, 0.4) is 0 Å². The van der Waals surface area contributed by atoms with E-state index in [1.807, 2.05) is 12.2 Å². The summed E-state index contributed by atoms with van der Waals surface area (Å²) in [6.07, 6.45) is 8.13. The zero-order valence-electron chi connectivity index (χ0n) is 3.93. The molecular weight excluding hydrogens is 131 g/mol. The molecule has 2 radical (unpaired) electrons. The zero-order valence-corrected chi connectivity index (χ0v) is 4.97. The second-order valence-corrected chi connectivity index (χ2v) is 1.43. The molecule has 0 bridgehead atoms. The predicted molar refractivity (Wildman–Crippen MR) is 27.1 cm³/mol. The van der Waals surface area contributed by atoms with Crippen LogP contribution >= 0.6 is 0 Å². The first-order valence-corrected chi connectivity index (χ1v) is 2.07. The van der Waals surface area contributed by atoms with Crippen LogP contribution in [0, 0.1) is 12.8 Å². The van der Waals surface area contributed by atoms with Gasteiger partial charge in [0, 0.05) is 16.8 Å². The molecule has 1 rings (SSSR count). The Kier molecular flexibility index (Phi) is 3.04. The van der Waals surface area contributed by atoms with Crippen molar-refractivity contribution >= 4 is 0 Å². The monoisotopic (exact) mass is 138 g/mol. The van der Waals surface area contributed by atoms with Gasteiger partial charge >= 0.3 is 0 Å². The molecule has 1 aliphatic carbocycles. The quantitative estimate of drug-likeness (QED) is 0.476. The van der Waals surface area contributed by atoms with E-state index in [2.05, 4.69) is 19.1 Å². The minimum atomic E-state index is 0. The van der Waals surface area contributed by atoms with Crippen LogP contribution in [0.2, 0.25) is 0 Å². The first-order chi connectivity index (χ1) is 2.89. The van der Waals surface area contributed by atoms with Crippen molar-refractivity contribution in [2.75, 3.05) is 0 Å². The van der Waals surface area contributed by atoms with Gasteiger partial charge in [-0.3, -0.25) is 0 Å². The Labute approximate surface area is 54.5 Å². The molecule has 0 aromatic carbocycles. The molecule has 0 aromatic rings. The van der Waals surface area contributed by atoms with Crippen LogP contribution in [0.5, 0.6) is 0 Å². The van der Waals surface area contributed by atoms with Gasteiger partial charge in [-0.05, 0) is 12.8 Å². The SMILES string of the molecule is [CH2]C1C=CC=C1.[Co]. The molecule has 40 valence electrons. The first kappa shape index (κ1) is 6.99. The van der Waals surface area contributed by atoms with E-state index >= 15 is 0 Å². The first-order valence-electron chi connectivity index (χ1n) is 2.07. The van der Waals surface area contributed by atoms with Gasteiger partial charge in [0.1, 0.15) is 0 Å². The zero-order chi connectivity index (χ0) is 4.41. The molecule has 0 saturated heterocycles. The minimum absolute atomic E-state index is 0. The van der Waals surface area contributed by atoms with Crippen molar-refractivity contribution in [3.8, 4) is 0 Å². The van der Waals surface area contributed by atoms with E-state index in [0.29, 0.717) is 5.92 Å². The van der Waals surface area contributed by atoms with Crippen LogP contribution in [0.1, 0.15) is 0 Å². The van der Waals surface area contributed by atoms with E-state index < -0.39 is 0 Å². The van der Waals surface area contributed by atoms with Gasteiger partial charge in [-0.1, -0.05) is 24.3 Å². The summed E-state index contributed by atoms with van der Waals surface area (Å²) in [5, 5.41) is 0. The molecule has 7 heavy (non-hydrogen) atoms. The van der Waals surface area contributed by atoms with Crippen LogP contribution in [-0.4, -0.2) is 0 Å². The Morgan fingerprint density at radius 3 is 1.71 bits per heavy atom. The summed E-state index contributed by atoms with van der Waals surface area (Å²) >= 11 is 0. The van der Waals surface area contributed by atoms with Gasteiger partial charge < -0.3 is 0 Å². The Morgan fingerprint density at radius 1 is 1.14 bits per heavy atom. The molecule has 0 aliphatic heterocycles. The second kappa shape index (κ2) is 3.05. The maximum atomic E-state index is 3.76. The fraction of sp³-hybridized carbons (Fsp3) is 0.167. The summed E-state index contributed by atoms with van der Waals surface area (Å²) in [4.78, 5) is 0. The van der Waals surface area contributed by atoms with Crippen molar-refractivity contribution in [2.24, 2.45) is 5.92 Å². The topological polar surface area (TPSA) is 0 Å². The minimum Gasteiger partial charge on any atom is -0.0776 e. The molecule has 0 aromatic heterocycles. The molecule has 0 saturated carbocycles. The fourth-order valence-electron chi connectivity index (χ4n) is 0.478. The van der Waals surface area contributed by atoms with Gasteiger partial charge in [0.2, 0.25) is 0 Å². The molecule has 0 amide bonds. The van der Waals surface area contributed by atoms with Crippen molar-refractivity contribution in [1.82, 2.24) is 0 Å². The van der Waals surface area contributed by atoms with Crippen LogP contribution < -0.4 is 0 Å². The van der Waals surface area contributed by atoms with Crippen LogP contribution in [0.25, 0.3) is 0 Å². The fourth-order valence-corrected chi connectivity index (χ4v) is 0.478. The molecule has 0 atom stereocenters. The molecule has 0 heterocycles. The van der Waals surface area contributed by atoms with Gasteiger partial charge in [0.05, 0.1) is 0 Å². The van der Waals surface area contributed by atoms with Crippen LogP contribution in [0.15, 0.2) is 24.3 Å². The number of hydrogen-bond acceptors (Lipinski definition) is 0. The van der Waals surface area contributed by atoms with Crippen molar-refractivity contribution < 1.29 is 16.8 Å².